The zero-order valence-corrected chi connectivity index (χ0v) is 15.9. The molecular weight excluding hydrogens is 426 g/mol. The van der Waals surface area contributed by atoms with Gasteiger partial charge in [0.15, 0.2) is 0 Å². The van der Waals surface area contributed by atoms with E-state index in [1.165, 1.54) is 0 Å². The minimum absolute atomic E-state index is 0.602. The van der Waals surface area contributed by atoms with Gasteiger partial charge in [0.25, 0.3) is 0 Å². The van der Waals surface area contributed by atoms with Crippen molar-refractivity contribution in [3.05, 3.63) is 0 Å². The molecule has 0 heterocycles. The molecule has 0 aliphatic heterocycles. The molecule has 174 valence electrons. The van der Waals surface area contributed by atoms with Crippen LogP contribution in [0.25, 0.3) is 0 Å². The van der Waals surface area contributed by atoms with E-state index in [1.54, 1.807) is 5.32 Å². The van der Waals surface area contributed by atoms with Crippen LogP contribution in [0.4, 0.5) is 0 Å². The van der Waals surface area contributed by atoms with Crippen molar-refractivity contribution >= 4 is 41.5 Å². The summed E-state index contributed by atoms with van der Waals surface area (Å²) in [4.78, 5) is 79.8. The third-order valence-corrected chi connectivity index (χ3v) is 3.58. The van der Waals surface area contributed by atoms with Gasteiger partial charge in [0.1, 0.15) is 18.1 Å². The smallest absolute Gasteiger partial charge is 0.326 e. The molecule has 0 aromatic rings. The molecule has 16 nitrogen and oxygen atoms in total. The molecule has 0 fully saturated rings. The SMILES string of the molecule is NC(=O)CC(N)C(=O)NC(CC(=O)O)C(=O)NC(CO)C(=O)NC(CC(=O)O)C(=O)O. The van der Waals surface area contributed by atoms with Crippen molar-refractivity contribution in [3.8, 4) is 0 Å². The summed E-state index contributed by atoms with van der Waals surface area (Å²) < 4.78 is 0. The summed E-state index contributed by atoms with van der Waals surface area (Å²) in [6, 6.07) is -6.97. The number of carbonyl (C=O) groups excluding carboxylic acids is 4. The molecule has 0 aliphatic rings. The zero-order valence-electron chi connectivity index (χ0n) is 15.9. The molecule has 0 aromatic carbocycles. The van der Waals surface area contributed by atoms with Crippen LogP contribution in [0.1, 0.15) is 19.3 Å². The summed E-state index contributed by atoms with van der Waals surface area (Å²) in [5.74, 6) is -9.36. The van der Waals surface area contributed by atoms with Crippen LogP contribution >= 0.6 is 0 Å². The second-order valence-electron chi connectivity index (χ2n) is 6.18. The number of nitrogens with one attached hydrogen (secondary N) is 3. The van der Waals surface area contributed by atoms with E-state index in [0.29, 0.717) is 0 Å². The van der Waals surface area contributed by atoms with Gasteiger partial charge in [-0.1, -0.05) is 0 Å². The van der Waals surface area contributed by atoms with E-state index in [1.807, 2.05) is 10.6 Å². The van der Waals surface area contributed by atoms with Crippen molar-refractivity contribution in [2.24, 2.45) is 11.5 Å². The first-order valence-corrected chi connectivity index (χ1v) is 8.50. The molecule has 31 heavy (non-hydrogen) atoms. The Bertz CT molecular complexity index is 741. The van der Waals surface area contributed by atoms with Gasteiger partial charge in [-0.15, -0.1) is 0 Å². The number of aliphatic hydroxyl groups is 1. The highest BCUT2D eigenvalue weighted by molar-refractivity contribution is 5.96. The summed E-state index contributed by atoms with van der Waals surface area (Å²) in [6.45, 7) is -1.08. The first-order chi connectivity index (χ1) is 14.3. The summed E-state index contributed by atoms with van der Waals surface area (Å²) in [6.07, 6.45) is -2.57. The van der Waals surface area contributed by atoms with Crippen LogP contribution in [-0.4, -0.2) is 92.7 Å². The van der Waals surface area contributed by atoms with E-state index in [0.717, 1.165) is 0 Å². The number of aliphatic carboxylic acids is 3. The van der Waals surface area contributed by atoms with E-state index in [2.05, 4.69) is 0 Å². The van der Waals surface area contributed by atoms with Crippen LogP contribution in [-0.2, 0) is 33.6 Å². The number of nitrogens with two attached hydrogens (primary N) is 2. The Kier molecular flexibility index (Phi) is 11.2. The third kappa shape index (κ3) is 10.5. The van der Waals surface area contributed by atoms with Crippen molar-refractivity contribution in [2.45, 2.75) is 43.4 Å². The monoisotopic (exact) mass is 449 g/mol. The first kappa shape index (κ1) is 27.2. The van der Waals surface area contributed by atoms with Crippen LogP contribution in [0.3, 0.4) is 0 Å². The number of aliphatic hydroxyl groups excluding tert-OH is 1. The van der Waals surface area contributed by atoms with E-state index >= 15 is 0 Å². The predicted molar refractivity (Wildman–Crippen MR) is 96.8 cm³/mol. The topological polar surface area (TPSA) is 289 Å². The standard InChI is InChI=1S/C15H23N5O11/c16-5(1-9(17)22)12(27)18-6(2-10(23)24)13(28)20-8(4-21)14(29)19-7(15(30)31)3-11(25)26/h5-8,21H,1-4,16H2,(H2,17,22)(H,18,27)(H,19,29)(H,20,28)(H,23,24)(H,25,26)(H,30,31). The summed E-state index contributed by atoms with van der Waals surface area (Å²) in [5.41, 5.74) is 10.3. The molecule has 11 N–H and O–H groups in total. The average molecular weight is 449 g/mol. The maximum absolute atomic E-state index is 12.3. The highest BCUT2D eigenvalue weighted by atomic mass is 16.4. The lowest BCUT2D eigenvalue weighted by Crippen LogP contribution is -2.58. The van der Waals surface area contributed by atoms with Gasteiger partial charge in [-0.25, -0.2) is 4.79 Å². The summed E-state index contributed by atoms with van der Waals surface area (Å²) in [5, 5.41) is 41.4. The van der Waals surface area contributed by atoms with Gasteiger partial charge >= 0.3 is 17.9 Å². The fraction of sp³-hybridized carbons (Fsp3) is 0.533. The molecular formula is C15H23N5O11. The molecule has 0 radical (unpaired) electrons. The minimum Gasteiger partial charge on any atom is -0.481 e. The van der Waals surface area contributed by atoms with E-state index in [4.69, 9.17) is 26.8 Å². The molecule has 4 unspecified atom stereocenters. The number of hydrogen-bond donors (Lipinski definition) is 9. The quantitative estimate of drug-likeness (QED) is 0.120. The van der Waals surface area contributed by atoms with Crippen molar-refractivity contribution in [2.75, 3.05) is 6.61 Å². The Morgan fingerprint density at radius 1 is 0.677 bits per heavy atom. The molecule has 0 rings (SSSR count). The van der Waals surface area contributed by atoms with Crippen LogP contribution < -0.4 is 27.4 Å². The van der Waals surface area contributed by atoms with Crippen LogP contribution in [0.2, 0.25) is 0 Å². The molecule has 16 heteroatoms. The van der Waals surface area contributed by atoms with Gasteiger partial charge < -0.3 is 47.8 Å². The van der Waals surface area contributed by atoms with Gasteiger partial charge in [0.05, 0.1) is 31.9 Å². The predicted octanol–water partition coefficient (Wildman–Crippen LogP) is -5.33. The van der Waals surface area contributed by atoms with Gasteiger partial charge in [0.2, 0.25) is 23.6 Å². The van der Waals surface area contributed by atoms with Crippen molar-refractivity contribution in [1.29, 1.82) is 0 Å². The lowest BCUT2D eigenvalue weighted by molar-refractivity contribution is -0.147. The highest BCUT2D eigenvalue weighted by Gasteiger charge is 2.32. The maximum atomic E-state index is 12.3. The van der Waals surface area contributed by atoms with Crippen LogP contribution in [0.5, 0.6) is 0 Å². The Morgan fingerprint density at radius 2 is 1.10 bits per heavy atom. The fourth-order valence-electron chi connectivity index (χ4n) is 2.09. The van der Waals surface area contributed by atoms with Gasteiger partial charge in [0, 0.05) is 0 Å². The van der Waals surface area contributed by atoms with Crippen molar-refractivity contribution in [1.82, 2.24) is 16.0 Å². The lowest BCUT2D eigenvalue weighted by Gasteiger charge is -2.23. The molecule has 0 saturated heterocycles. The van der Waals surface area contributed by atoms with E-state index in [-0.39, 0.29) is 0 Å². The van der Waals surface area contributed by atoms with E-state index < -0.39 is 91.6 Å². The molecule has 0 bridgehead atoms. The number of carboxylic acids is 3. The van der Waals surface area contributed by atoms with Crippen molar-refractivity contribution < 1.29 is 54.0 Å². The number of primary amides is 1. The summed E-state index contributed by atoms with van der Waals surface area (Å²) >= 11 is 0. The van der Waals surface area contributed by atoms with Gasteiger partial charge in [-0.2, -0.15) is 0 Å². The van der Waals surface area contributed by atoms with Gasteiger partial charge in [-0.3, -0.25) is 28.8 Å². The number of carboxylic acid groups (broad SMARTS) is 3. The average Bonchev–Trinajstić information content (AvgIpc) is 2.63. The van der Waals surface area contributed by atoms with Gasteiger partial charge in [-0.05, 0) is 0 Å². The summed E-state index contributed by atoms with van der Waals surface area (Å²) in [7, 11) is 0. The minimum atomic E-state index is -1.88. The maximum Gasteiger partial charge on any atom is 0.326 e. The molecule has 0 aromatic heterocycles. The molecule has 4 atom stereocenters. The number of carbonyl (C=O) groups is 7. The molecule has 0 aliphatic carbocycles. The Labute approximate surface area is 173 Å². The second kappa shape index (κ2) is 12.7. The van der Waals surface area contributed by atoms with Crippen LogP contribution in [0, 0.1) is 0 Å². The molecule has 0 spiro atoms. The van der Waals surface area contributed by atoms with Crippen molar-refractivity contribution in [3.63, 3.8) is 0 Å². The Morgan fingerprint density at radius 3 is 1.52 bits per heavy atom. The normalized spacial score (nSPS) is 14.3. The largest absolute Gasteiger partial charge is 0.481 e. The second-order valence-corrected chi connectivity index (χ2v) is 6.18. The first-order valence-electron chi connectivity index (χ1n) is 8.50. The number of amides is 4. The van der Waals surface area contributed by atoms with E-state index in [9.17, 15) is 38.7 Å². The zero-order chi connectivity index (χ0) is 24.3. The lowest BCUT2D eigenvalue weighted by atomic mass is 10.1. The number of rotatable bonds is 14. The highest BCUT2D eigenvalue weighted by Crippen LogP contribution is 1.99. The fourth-order valence-corrected chi connectivity index (χ4v) is 2.09. The van der Waals surface area contributed by atoms with Crippen LogP contribution in [0.15, 0.2) is 0 Å². The Hall–Kier alpha value is -3.79. The third-order valence-electron chi connectivity index (χ3n) is 3.58. The Balaban J connectivity index is 5.29. The molecule has 4 amide bonds. The molecule has 0 saturated carbocycles. The number of hydrogen-bond acceptors (Lipinski definition) is 9.